The number of carbonyl (C=O) groups is 2. The van der Waals surface area contributed by atoms with Crippen molar-refractivity contribution in [2.45, 2.75) is 13.8 Å². The highest BCUT2D eigenvalue weighted by molar-refractivity contribution is 5.82. The summed E-state index contributed by atoms with van der Waals surface area (Å²) in [6, 6.07) is 0. The summed E-state index contributed by atoms with van der Waals surface area (Å²) in [6.07, 6.45) is 0.840. The first-order valence-electron chi connectivity index (χ1n) is 3.84. The van der Waals surface area contributed by atoms with Gasteiger partial charge < -0.3 is 9.53 Å². The lowest BCUT2D eigenvalue weighted by atomic mass is 10.3. The number of esters is 1. The summed E-state index contributed by atoms with van der Waals surface area (Å²) in [7, 11) is 0. The van der Waals surface area contributed by atoms with Crippen LogP contribution in [0.25, 0.3) is 0 Å². The van der Waals surface area contributed by atoms with E-state index in [0.717, 1.165) is 6.29 Å². The quantitative estimate of drug-likeness (QED) is 0.444. The minimum absolute atomic E-state index is 0.0888. The van der Waals surface area contributed by atoms with Crippen LogP contribution in [0, 0.1) is 17.8 Å². The van der Waals surface area contributed by atoms with Crippen LogP contribution in [0.3, 0.4) is 0 Å². The van der Waals surface area contributed by atoms with Crippen molar-refractivity contribution in [2.75, 3.05) is 6.61 Å². The largest absolute Gasteiger partial charge is 0.466 e. The molecule has 0 N–H and O–H groups in total. The summed E-state index contributed by atoms with van der Waals surface area (Å²) < 4.78 is 4.77. The van der Waals surface area contributed by atoms with Gasteiger partial charge in [-0.15, -0.1) is 0 Å². The zero-order valence-electron chi connectivity index (χ0n) is 6.74. The second kappa shape index (κ2) is 3.03. The van der Waals surface area contributed by atoms with Crippen molar-refractivity contribution in [3.63, 3.8) is 0 Å². The fraction of sp³-hybridized carbons (Fsp3) is 0.750. The van der Waals surface area contributed by atoms with Crippen molar-refractivity contribution in [2.24, 2.45) is 17.8 Å². The van der Waals surface area contributed by atoms with E-state index in [4.69, 9.17) is 4.74 Å². The monoisotopic (exact) mass is 156 g/mol. The van der Waals surface area contributed by atoms with Crippen molar-refractivity contribution in [3.05, 3.63) is 0 Å². The molecule has 0 saturated heterocycles. The fourth-order valence-electron chi connectivity index (χ4n) is 1.31. The van der Waals surface area contributed by atoms with Gasteiger partial charge in [-0.05, 0) is 12.8 Å². The van der Waals surface area contributed by atoms with E-state index in [1.165, 1.54) is 0 Å². The van der Waals surface area contributed by atoms with Gasteiger partial charge in [0.25, 0.3) is 0 Å². The Bertz CT molecular complexity index is 176. The molecular formula is C8H12O3. The maximum atomic E-state index is 11.0. The van der Waals surface area contributed by atoms with E-state index in [1.54, 1.807) is 6.92 Å². The third kappa shape index (κ3) is 1.42. The van der Waals surface area contributed by atoms with Crippen molar-refractivity contribution in [1.29, 1.82) is 0 Å². The number of rotatable bonds is 3. The van der Waals surface area contributed by atoms with Crippen LogP contribution in [-0.4, -0.2) is 18.9 Å². The fourth-order valence-corrected chi connectivity index (χ4v) is 1.31. The average Bonchev–Trinajstić information content (AvgIpc) is 2.61. The molecule has 3 atom stereocenters. The van der Waals surface area contributed by atoms with Gasteiger partial charge in [-0.2, -0.15) is 0 Å². The van der Waals surface area contributed by atoms with Gasteiger partial charge in [-0.25, -0.2) is 0 Å². The summed E-state index contributed by atoms with van der Waals surface area (Å²) in [5.74, 6) is -0.287. The number of hydrogen-bond acceptors (Lipinski definition) is 3. The SMILES string of the molecule is CCOC(=O)[C@H]1[C@H](C)[C@@H]1C=O. The zero-order chi connectivity index (χ0) is 8.43. The van der Waals surface area contributed by atoms with Crippen LogP contribution >= 0.6 is 0 Å². The minimum atomic E-state index is -0.225. The Balaban J connectivity index is 2.39. The summed E-state index contributed by atoms with van der Waals surface area (Å²) in [5.41, 5.74) is 0. The molecule has 0 radical (unpaired) electrons. The van der Waals surface area contributed by atoms with Gasteiger partial charge in [0.2, 0.25) is 0 Å². The summed E-state index contributed by atoms with van der Waals surface area (Å²) >= 11 is 0. The lowest BCUT2D eigenvalue weighted by molar-refractivity contribution is -0.145. The summed E-state index contributed by atoms with van der Waals surface area (Å²) in [6.45, 7) is 4.05. The summed E-state index contributed by atoms with van der Waals surface area (Å²) in [4.78, 5) is 21.3. The normalized spacial score (nSPS) is 34.5. The molecule has 1 fully saturated rings. The first-order valence-corrected chi connectivity index (χ1v) is 3.84. The molecule has 62 valence electrons. The molecule has 0 unspecified atom stereocenters. The van der Waals surface area contributed by atoms with Gasteiger partial charge >= 0.3 is 5.97 Å². The molecule has 1 saturated carbocycles. The number of carbonyl (C=O) groups excluding carboxylic acids is 2. The van der Waals surface area contributed by atoms with Crippen molar-refractivity contribution in [1.82, 2.24) is 0 Å². The molecule has 3 nitrogen and oxygen atoms in total. The number of aldehydes is 1. The Labute approximate surface area is 65.7 Å². The molecule has 0 spiro atoms. The maximum Gasteiger partial charge on any atom is 0.309 e. The molecule has 0 aromatic heterocycles. The second-order valence-electron chi connectivity index (χ2n) is 2.85. The van der Waals surface area contributed by atoms with Crippen LogP contribution in [0.2, 0.25) is 0 Å². The van der Waals surface area contributed by atoms with E-state index < -0.39 is 0 Å². The Hall–Kier alpha value is -0.860. The smallest absolute Gasteiger partial charge is 0.309 e. The standard InChI is InChI=1S/C8H12O3/c1-3-11-8(10)7-5(2)6(7)4-9/h4-7H,3H2,1-2H3/t5-,6+,7+/m1/s1. The Morgan fingerprint density at radius 1 is 1.64 bits per heavy atom. The lowest BCUT2D eigenvalue weighted by Gasteiger charge is -1.97. The highest BCUT2D eigenvalue weighted by Gasteiger charge is 2.52. The first kappa shape index (κ1) is 8.24. The second-order valence-corrected chi connectivity index (χ2v) is 2.85. The topological polar surface area (TPSA) is 43.4 Å². The highest BCUT2D eigenvalue weighted by Crippen LogP contribution is 2.44. The molecule has 11 heavy (non-hydrogen) atoms. The maximum absolute atomic E-state index is 11.0. The summed E-state index contributed by atoms with van der Waals surface area (Å²) in [5, 5.41) is 0. The zero-order valence-corrected chi connectivity index (χ0v) is 6.74. The first-order chi connectivity index (χ1) is 5.22. The van der Waals surface area contributed by atoms with Crippen LogP contribution in [-0.2, 0) is 14.3 Å². The van der Waals surface area contributed by atoms with Crippen LogP contribution in [0.1, 0.15) is 13.8 Å². The van der Waals surface area contributed by atoms with Gasteiger partial charge in [0.1, 0.15) is 6.29 Å². The Morgan fingerprint density at radius 2 is 2.27 bits per heavy atom. The van der Waals surface area contributed by atoms with Crippen molar-refractivity contribution in [3.8, 4) is 0 Å². The molecule has 1 aliphatic carbocycles. The van der Waals surface area contributed by atoms with Gasteiger partial charge in [0.05, 0.1) is 12.5 Å². The predicted octanol–water partition coefficient (Wildman–Crippen LogP) is 0.631. The van der Waals surface area contributed by atoms with Gasteiger partial charge in [-0.3, -0.25) is 4.79 Å². The van der Waals surface area contributed by atoms with Crippen LogP contribution in [0.15, 0.2) is 0 Å². The van der Waals surface area contributed by atoms with Gasteiger partial charge in [0, 0.05) is 5.92 Å². The van der Waals surface area contributed by atoms with Crippen LogP contribution in [0.4, 0.5) is 0 Å². The number of hydrogen-bond donors (Lipinski definition) is 0. The minimum Gasteiger partial charge on any atom is -0.466 e. The molecule has 1 rings (SSSR count). The number of ether oxygens (including phenoxy) is 1. The van der Waals surface area contributed by atoms with E-state index >= 15 is 0 Å². The van der Waals surface area contributed by atoms with Gasteiger partial charge in [0.15, 0.2) is 0 Å². The third-order valence-electron chi connectivity index (χ3n) is 2.16. The van der Waals surface area contributed by atoms with Gasteiger partial charge in [-0.1, -0.05) is 6.92 Å². The Morgan fingerprint density at radius 3 is 2.64 bits per heavy atom. The molecule has 0 amide bonds. The molecule has 0 heterocycles. The third-order valence-corrected chi connectivity index (χ3v) is 2.16. The van der Waals surface area contributed by atoms with E-state index in [-0.39, 0.29) is 23.7 Å². The molecule has 1 aliphatic rings. The van der Waals surface area contributed by atoms with Crippen molar-refractivity contribution < 1.29 is 14.3 Å². The van der Waals surface area contributed by atoms with Crippen LogP contribution < -0.4 is 0 Å². The molecule has 0 bridgehead atoms. The van der Waals surface area contributed by atoms with E-state index in [9.17, 15) is 9.59 Å². The highest BCUT2D eigenvalue weighted by atomic mass is 16.5. The molecule has 0 aromatic rings. The van der Waals surface area contributed by atoms with E-state index in [0.29, 0.717) is 6.61 Å². The van der Waals surface area contributed by atoms with E-state index in [2.05, 4.69) is 0 Å². The lowest BCUT2D eigenvalue weighted by Crippen LogP contribution is -2.08. The van der Waals surface area contributed by atoms with Crippen molar-refractivity contribution >= 4 is 12.3 Å². The molecule has 0 aliphatic heterocycles. The van der Waals surface area contributed by atoms with Crippen LogP contribution in [0.5, 0.6) is 0 Å². The molecule has 3 heteroatoms. The Kier molecular flexibility index (Phi) is 2.27. The van der Waals surface area contributed by atoms with E-state index in [1.807, 2.05) is 6.92 Å². The molecule has 0 aromatic carbocycles. The average molecular weight is 156 g/mol. The molecular weight excluding hydrogens is 144 g/mol. The predicted molar refractivity (Wildman–Crippen MR) is 38.8 cm³/mol.